The summed E-state index contributed by atoms with van der Waals surface area (Å²) in [6.07, 6.45) is 0. The first kappa shape index (κ1) is 26.8. The molecule has 9 nitrogen and oxygen atoms in total. The van der Waals surface area contributed by atoms with Gasteiger partial charge in [0.05, 0.1) is 32.2 Å². The average molecular weight is 577 g/mol. The van der Waals surface area contributed by atoms with Crippen molar-refractivity contribution in [3.8, 4) is 11.5 Å². The first-order valence-electron chi connectivity index (χ1n) is 10.9. The van der Waals surface area contributed by atoms with Crippen LogP contribution in [0.5, 0.6) is 11.5 Å². The smallest absolute Gasteiger partial charge is 0.275 e. The first-order valence-corrected chi connectivity index (χ1v) is 13.5. The summed E-state index contributed by atoms with van der Waals surface area (Å²) in [5.41, 5.74) is 1.31. The summed E-state index contributed by atoms with van der Waals surface area (Å²) in [7, 11) is -1.09. The second kappa shape index (κ2) is 9.59. The third-order valence-electron chi connectivity index (χ3n) is 6.38. The highest BCUT2D eigenvalue weighted by Gasteiger charge is 2.40. The quantitative estimate of drug-likeness (QED) is 0.275. The van der Waals surface area contributed by atoms with E-state index < -0.39 is 24.2 Å². The summed E-state index contributed by atoms with van der Waals surface area (Å²) in [4.78, 5) is 16.5. The minimum atomic E-state index is -4.03. The maximum absolute atomic E-state index is 13.8. The van der Waals surface area contributed by atoms with Crippen molar-refractivity contribution in [1.82, 2.24) is 14.5 Å². The molecule has 3 aromatic rings. The molecule has 1 amide bonds. The number of sulfone groups is 1. The molecule has 1 N–H and O–H groups in total. The predicted octanol–water partition coefficient (Wildman–Crippen LogP) is 4.34. The van der Waals surface area contributed by atoms with Crippen molar-refractivity contribution < 1.29 is 22.7 Å². The van der Waals surface area contributed by atoms with Gasteiger partial charge in [0, 0.05) is 17.0 Å². The number of fused-ring (bicyclic) bond motifs is 1. The Hall–Kier alpha value is -2.21. The number of ether oxygens (including phenoxy) is 2. The van der Waals surface area contributed by atoms with Gasteiger partial charge < -0.3 is 29.2 Å². The molecule has 0 bridgehead atoms. The maximum atomic E-state index is 13.8. The number of methoxy groups -OCH3 is 2. The van der Waals surface area contributed by atoms with Crippen LogP contribution in [-0.4, -0.2) is 68.4 Å². The number of halogens is 3. The molecule has 0 saturated carbocycles. The largest absolute Gasteiger partial charge is 0.627 e. The number of hydrogen-bond donors (Lipinski definition) is 1. The number of carbonyl (C=O) groups excluding carboxylic acids is 1. The first-order chi connectivity index (χ1) is 16.8. The summed E-state index contributed by atoms with van der Waals surface area (Å²) < 4.78 is 34.9. The van der Waals surface area contributed by atoms with Crippen LogP contribution in [0.25, 0.3) is 10.9 Å². The zero-order chi connectivity index (χ0) is 26.5. The van der Waals surface area contributed by atoms with Gasteiger partial charge in [0.15, 0.2) is 11.4 Å². The zero-order valence-electron chi connectivity index (χ0n) is 19.7. The Morgan fingerprint density at radius 2 is 1.75 bits per heavy atom. The van der Waals surface area contributed by atoms with Gasteiger partial charge in [-0.2, -0.15) is 0 Å². The molecule has 1 fully saturated rings. The number of quaternary nitrogens is 1. The van der Waals surface area contributed by atoms with Crippen LogP contribution in [0.3, 0.4) is 0 Å². The van der Waals surface area contributed by atoms with Crippen LogP contribution < -0.4 is 14.1 Å². The number of nitrogens with one attached hydrogen (secondary N) is 1. The van der Waals surface area contributed by atoms with Crippen molar-refractivity contribution in [2.75, 3.05) is 40.4 Å². The van der Waals surface area contributed by atoms with Crippen LogP contribution in [-0.2, 0) is 14.6 Å². The van der Waals surface area contributed by atoms with E-state index in [0.29, 0.717) is 22.2 Å². The Labute approximate surface area is 223 Å². The average Bonchev–Trinajstić information content (AvgIpc) is 3.19. The molecular weight excluding hydrogens is 553 g/mol. The molecular formula is C23H24Cl3N3O6S. The van der Waals surface area contributed by atoms with Crippen molar-refractivity contribution in [3.63, 3.8) is 0 Å². The van der Waals surface area contributed by atoms with Crippen molar-refractivity contribution in [3.05, 3.63) is 47.2 Å². The fourth-order valence-corrected chi connectivity index (χ4v) is 6.23. The van der Waals surface area contributed by atoms with E-state index in [2.05, 4.69) is 4.98 Å². The third kappa shape index (κ3) is 4.73. The number of nitrogens with zero attached hydrogens (tertiary/aromatic N) is 2. The summed E-state index contributed by atoms with van der Waals surface area (Å²) in [5.74, 6) is 0.126. The number of hydroxylamine groups is 2. The summed E-state index contributed by atoms with van der Waals surface area (Å²) in [5, 5.41) is 14.6. The Bertz CT molecular complexity index is 1430. The SMILES string of the molecule is COc1ccc2[nH]c(S(=O)(=O)c3ccc(OC)c([N+]4([O-])CCN(C(=O)C(Cl)(Cl)Cl)CC4)c3)c(C)c2c1. The Morgan fingerprint density at radius 3 is 2.33 bits per heavy atom. The predicted molar refractivity (Wildman–Crippen MR) is 140 cm³/mol. The van der Waals surface area contributed by atoms with E-state index >= 15 is 0 Å². The van der Waals surface area contributed by atoms with Gasteiger partial charge in [-0.1, -0.05) is 34.8 Å². The minimum absolute atomic E-state index is 0.0254. The van der Waals surface area contributed by atoms with E-state index in [1.165, 1.54) is 37.3 Å². The number of amides is 1. The number of piperazine rings is 1. The molecule has 0 unspecified atom stereocenters. The molecule has 4 rings (SSSR count). The lowest BCUT2D eigenvalue weighted by Gasteiger charge is -2.48. The molecule has 1 aliphatic rings. The Balaban J connectivity index is 1.72. The lowest BCUT2D eigenvalue weighted by molar-refractivity contribution is -0.131. The van der Waals surface area contributed by atoms with Crippen LogP contribution in [0, 0.1) is 12.1 Å². The standard InChI is InChI=1S/C23H24Cl3N3O6S/c1-14-17-12-15(34-2)4-6-18(17)27-21(14)36(32,33)16-5-7-20(35-3)19(13-16)29(31)10-8-28(9-11-29)22(30)23(24,25)26/h4-7,12-13,27H,8-11H2,1-3H3. The second-order valence-electron chi connectivity index (χ2n) is 8.45. The number of H-pyrrole nitrogens is 1. The summed E-state index contributed by atoms with van der Waals surface area (Å²) in [6, 6.07) is 9.43. The molecule has 1 saturated heterocycles. The molecule has 1 aliphatic heterocycles. The molecule has 0 aliphatic carbocycles. The third-order valence-corrected chi connectivity index (χ3v) is 8.69. The molecule has 13 heteroatoms. The van der Waals surface area contributed by atoms with Crippen molar-refractivity contribution >= 4 is 67.1 Å². The second-order valence-corrected chi connectivity index (χ2v) is 12.6. The van der Waals surface area contributed by atoms with Gasteiger partial charge in [-0.15, -0.1) is 0 Å². The lowest BCUT2D eigenvalue weighted by atomic mass is 10.2. The molecule has 194 valence electrons. The topological polar surface area (TPSA) is 112 Å². The number of carbonyl (C=O) groups is 1. The van der Waals surface area contributed by atoms with Gasteiger partial charge in [0.25, 0.3) is 9.70 Å². The molecule has 0 radical (unpaired) electrons. The Morgan fingerprint density at radius 1 is 1.08 bits per heavy atom. The van der Waals surface area contributed by atoms with Gasteiger partial charge in [-0.05, 0) is 42.8 Å². The maximum Gasteiger partial charge on any atom is 0.275 e. The van der Waals surface area contributed by atoms with Gasteiger partial charge in [-0.3, -0.25) is 4.79 Å². The molecule has 0 spiro atoms. The van der Waals surface area contributed by atoms with Crippen LogP contribution in [0.1, 0.15) is 5.56 Å². The zero-order valence-corrected chi connectivity index (χ0v) is 22.8. The van der Waals surface area contributed by atoms with Crippen LogP contribution in [0.4, 0.5) is 5.69 Å². The monoisotopic (exact) mass is 575 g/mol. The summed E-state index contributed by atoms with van der Waals surface area (Å²) >= 11 is 17.1. The van der Waals surface area contributed by atoms with Crippen molar-refractivity contribution in [2.45, 2.75) is 20.6 Å². The minimum Gasteiger partial charge on any atom is -0.627 e. The van der Waals surface area contributed by atoms with Gasteiger partial charge in [0.2, 0.25) is 9.84 Å². The highest BCUT2D eigenvalue weighted by atomic mass is 35.6. The number of aromatic amines is 1. The molecule has 36 heavy (non-hydrogen) atoms. The number of hydrogen-bond acceptors (Lipinski definition) is 6. The van der Waals surface area contributed by atoms with E-state index in [1.54, 1.807) is 25.1 Å². The van der Waals surface area contributed by atoms with Crippen molar-refractivity contribution in [1.29, 1.82) is 0 Å². The molecule has 2 aromatic carbocycles. The highest BCUT2D eigenvalue weighted by Crippen LogP contribution is 2.39. The van der Waals surface area contributed by atoms with E-state index in [4.69, 9.17) is 44.3 Å². The fourth-order valence-electron chi connectivity index (χ4n) is 4.36. The van der Waals surface area contributed by atoms with E-state index in [9.17, 15) is 18.4 Å². The van der Waals surface area contributed by atoms with Crippen LogP contribution >= 0.6 is 34.8 Å². The van der Waals surface area contributed by atoms with Gasteiger partial charge >= 0.3 is 0 Å². The number of alkyl halides is 3. The van der Waals surface area contributed by atoms with Gasteiger partial charge in [-0.25, -0.2) is 8.42 Å². The van der Waals surface area contributed by atoms with E-state index in [1.807, 2.05) is 0 Å². The van der Waals surface area contributed by atoms with E-state index in [-0.39, 0.29) is 47.5 Å². The highest BCUT2D eigenvalue weighted by molar-refractivity contribution is 7.91. The van der Waals surface area contributed by atoms with Crippen LogP contribution in [0.15, 0.2) is 46.3 Å². The van der Waals surface area contributed by atoms with E-state index in [0.717, 1.165) is 0 Å². The Kier molecular flexibility index (Phi) is 7.15. The molecule has 0 atom stereocenters. The number of benzene rings is 2. The molecule has 1 aromatic heterocycles. The molecule has 2 heterocycles. The van der Waals surface area contributed by atoms with Crippen molar-refractivity contribution in [2.24, 2.45) is 0 Å². The summed E-state index contributed by atoms with van der Waals surface area (Å²) in [6.45, 7) is 1.62. The number of aryl methyl sites for hydroxylation is 1. The number of rotatable bonds is 5. The number of aromatic nitrogens is 1. The normalized spacial score (nSPS) is 16.2. The lowest BCUT2D eigenvalue weighted by Crippen LogP contribution is -2.59. The fraction of sp³-hybridized carbons (Fsp3) is 0.348. The van der Waals surface area contributed by atoms with Crippen LogP contribution in [0.2, 0.25) is 0 Å². The van der Waals surface area contributed by atoms with Gasteiger partial charge in [0.1, 0.15) is 23.9 Å².